The Morgan fingerprint density at radius 2 is 0.574 bits per heavy atom. The van der Waals surface area contributed by atoms with Crippen LogP contribution in [-0.2, 0) is 32.5 Å². The minimum Gasteiger partial charge on any atom is -0.310 e. The van der Waals surface area contributed by atoms with Crippen molar-refractivity contribution in [2.75, 3.05) is 9.80 Å². The molecule has 2 nitrogen and oxygen atoms in total. The highest BCUT2D eigenvalue weighted by molar-refractivity contribution is 5.91. The normalized spacial score (nSPS) is 16.4. The number of anilines is 6. The van der Waals surface area contributed by atoms with E-state index in [1.807, 2.05) is 0 Å². The molecule has 0 bridgehead atoms. The molecule has 2 aliphatic heterocycles. The van der Waals surface area contributed by atoms with Crippen LogP contribution in [0.3, 0.4) is 0 Å². The average molecular weight is 717 g/mol. The number of fused-ring (bicyclic) bond motifs is 4. The van der Waals surface area contributed by atoms with E-state index >= 15 is 0 Å². The van der Waals surface area contributed by atoms with Gasteiger partial charge in [-0.2, -0.15) is 0 Å². The van der Waals surface area contributed by atoms with Crippen molar-refractivity contribution in [2.24, 2.45) is 0 Å². The molecule has 7 rings (SSSR count). The topological polar surface area (TPSA) is 6.48 Å². The van der Waals surface area contributed by atoms with Crippen molar-refractivity contribution >= 4 is 34.1 Å². The van der Waals surface area contributed by atoms with Crippen molar-refractivity contribution in [1.82, 2.24) is 0 Å². The fourth-order valence-corrected chi connectivity index (χ4v) is 8.67. The van der Waals surface area contributed by atoms with Crippen LogP contribution in [0.1, 0.15) is 155 Å². The van der Waals surface area contributed by atoms with Crippen LogP contribution < -0.4 is 9.80 Å². The number of hydrogen-bond acceptors (Lipinski definition) is 2. The summed E-state index contributed by atoms with van der Waals surface area (Å²) in [5.41, 5.74) is 18.2. The van der Waals surface area contributed by atoms with Crippen molar-refractivity contribution in [3.63, 3.8) is 0 Å². The number of nitrogens with zero attached hydrogens (tertiary/aromatic N) is 2. The number of benzene rings is 5. The molecule has 5 aromatic carbocycles. The van der Waals surface area contributed by atoms with Crippen molar-refractivity contribution in [2.45, 2.75) is 143 Å². The molecule has 282 valence electrons. The largest absolute Gasteiger partial charge is 0.310 e. The third kappa shape index (κ3) is 6.18. The summed E-state index contributed by atoms with van der Waals surface area (Å²) in [5, 5.41) is 0. The molecule has 0 atom stereocenters. The second-order valence-corrected chi connectivity index (χ2v) is 21.4. The molecule has 0 saturated carbocycles. The lowest BCUT2D eigenvalue weighted by Crippen LogP contribution is -2.33. The first-order valence-electron chi connectivity index (χ1n) is 20.1. The molecule has 0 spiro atoms. The van der Waals surface area contributed by atoms with Gasteiger partial charge in [0.1, 0.15) is 0 Å². The SMILES string of the molecule is CC(C)(C)c1ccc2c(c1)C(C)(C)c1cc(C(C)(C)C)ccc1N2c1cccc(N2c3ccc(C(C)(C)C)cc3C(C)(C)c3cc(C(C)(C)C)ccc32)c1. The molecule has 0 unspecified atom stereocenters. The van der Waals surface area contributed by atoms with E-state index < -0.39 is 0 Å². The van der Waals surface area contributed by atoms with E-state index in [2.05, 4.69) is 218 Å². The average Bonchev–Trinajstić information content (AvgIpc) is 3.06. The number of rotatable bonds is 2. The Morgan fingerprint density at radius 3 is 0.796 bits per heavy atom. The molecular formula is C52H64N2. The van der Waals surface area contributed by atoms with E-state index in [0.29, 0.717) is 0 Å². The zero-order valence-electron chi connectivity index (χ0n) is 36.1. The summed E-state index contributed by atoms with van der Waals surface area (Å²) < 4.78 is 0. The zero-order valence-corrected chi connectivity index (χ0v) is 36.1. The molecule has 0 aliphatic carbocycles. The van der Waals surface area contributed by atoms with Crippen LogP contribution in [0, 0.1) is 0 Å². The lowest BCUT2D eigenvalue weighted by atomic mass is 9.70. The van der Waals surface area contributed by atoms with Crippen LogP contribution in [0.5, 0.6) is 0 Å². The van der Waals surface area contributed by atoms with Gasteiger partial charge in [0, 0.05) is 22.2 Å². The lowest BCUT2D eigenvalue weighted by molar-refractivity contribution is 0.573. The number of hydrogen-bond donors (Lipinski definition) is 0. The van der Waals surface area contributed by atoms with Gasteiger partial charge in [0.2, 0.25) is 0 Å². The monoisotopic (exact) mass is 717 g/mol. The fraction of sp³-hybridized carbons (Fsp3) is 0.423. The van der Waals surface area contributed by atoms with Crippen LogP contribution in [-0.4, -0.2) is 0 Å². The van der Waals surface area contributed by atoms with Crippen LogP contribution in [0.2, 0.25) is 0 Å². The van der Waals surface area contributed by atoms with Gasteiger partial charge in [-0.1, -0.05) is 165 Å². The second-order valence-electron chi connectivity index (χ2n) is 21.4. The maximum Gasteiger partial charge on any atom is 0.0502 e. The Bertz CT molecular complexity index is 1980. The van der Waals surface area contributed by atoms with E-state index in [4.69, 9.17) is 0 Å². The Hall–Kier alpha value is -4.30. The summed E-state index contributed by atoms with van der Waals surface area (Å²) in [6.45, 7) is 37.5. The van der Waals surface area contributed by atoms with Gasteiger partial charge in [-0.05, 0) is 109 Å². The standard InChI is InChI=1S/C52H64N2/c1-47(2,3)33-20-24-43-39(28-33)51(13,14)40-29-34(48(4,5)6)21-25-44(40)53(43)37-18-17-19-38(32-37)54-45-26-22-35(49(7,8)9)30-41(45)52(15,16)42-31-36(50(10,11)12)23-27-46(42)54/h17-32H,1-16H3. The minimum absolute atomic E-state index is 0.0475. The summed E-state index contributed by atoms with van der Waals surface area (Å²) in [6, 6.07) is 38.1. The Labute approximate surface area is 327 Å². The Kier molecular flexibility index (Phi) is 8.51. The zero-order chi connectivity index (χ0) is 39.6. The van der Waals surface area contributed by atoms with Crippen LogP contribution in [0.25, 0.3) is 0 Å². The van der Waals surface area contributed by atoms with Gasteiger partial charge in [-0.3, -0.25) is 0 Å². The molecule has 2 heteroatoms. The Balaban J connectivity index is 1.48. The van der Waals surface area contributed by atoms with Crippen molar-refractivity contribution in [1.29, 1.82) is 0 Å². The third-order valence-corrected chi connectivity index (χ3v) is 12.5. The van der Waals surface area contributed by atoms with Gasteiger partial charge < -0.3 is 9.80 Å². The first kappa shape index (κ1) is 38.0. The molecular weight excluding hydrogens is 653 g/mol. The van der Waals surface area contributed by atoms with Crippen LogP contribution in [0.4, 0.5) is 34.1 Å². The predicted molar refractivity (Wildman–Crippen MR) is 235 cm³/mol. The third-order valence-electron chi connectivity index (χ3n) is 12.5. The molecule has 2 aliphatic rings. The summed E-state index contributed by atoms with van der Waals surface area (Å²) in [5.74, 6) is 0. The van der Waals surface area contributed by atoms with Crippen molar-refractivity contribution in [3.05, 3.63) is 142 Å². The van der Waals surface area contributed by atoms with Crippen molar-refractivity contribution in [3.8, 4) is 0 Å². The molecule has 0 fully saturated rings. The highest BCUT2D eigenvalue weighted by Gasteiger charge is 2.41. The van der Waals surface area contributed by atoms with Crippen LogP contribution in [0.15, 0.2) is 97.1 Å². The first-order chi connectivity index (χ1) is 24.8. The molecule has 0 N–H and O–H groups in total. The van der Waals surface area contributed by atoms with Gasteiger partial charge in [0.25, 0.3) is 0 Å². The molecule has 0 aromatic heterocycles. The second kappa shape index (κ2) is 12.1. The van der Waals surface area contributed by atoms with E-state index in [1.54, 1.807) is 0 Å². The molecule has 0 radical (unpaired) electrons. The predicted octanol–water partition coefficient (Wildman–Crippen LogP) is 15.1. The minimum atomic E-state index is -0.173. The van der Waals surface area contributed by atoms with Gasteiger partial charge in [0.05, 0.1) is 22.7 Å². The molecule has 0 saturated heterocycles. The van der Waals surface area contributed by atoms with E-state index in [-0.39, 0.29) is 32.5 Å². The summed E-state index contributed by atoms with van der Waals surface area (Å²) in [4.78, 5) is 5.05. The summed E-state index contributed by atoms with van der Waals surface area (Å²) in [6.07, 6.45) is 0. The van der Waals surface area contributed by atoms with Gasteiger partial charge in [-0.15, -0.1) is 0 Å². The van der Waals surface area contributed by atoms with Crippen LogP contribution >= 0.6 is 0 Å². The van der Waals surface area contributed by atoms with E-state index in [0.717, 1.165) is 0 Å². The smallest absolute Gasteiger partial charge is 0.0502 e. The fourth-order valence-electron chi connectivity index (χ4n) is 8.67. The van der Waals surface area contributed by atoms with Gasteiger partial charge in [0.15, 0.2) is 0 Å². The lowest BCUT2D eigenvalue weighted by Gasteiger charge is -2.45. The van der Waals surface area contributed by atoms with Crippen molar-refractivity contribution < 1.29 is 0 Å². The highest BCUT2D eigenvalue weighted by Crippen LogP contribution is 2.56. The Morgan fingerprint density at radius 1 is 0.333 bits per heavy atom. The van der Waals surface area contributed by atoms with E-state index in [9.17, 15) is 0 Å². The maximum atomic E-state index is 2.53. The molecule has 5 aromatic rings. The molecule has 2 heterocycles. The van der Waals surface area contributed by atoms with E-state index in [1.165, 1.54) is 78.6 Å². The maximum absolute atomic E-state index is 2.53. The summed E-state index contributed by atoms with van der Waals surface area (Å²) in [7, 11) is 0. The van der Waals surface area contributed by atoms with Gasteiger partial charge >= 0.3 is 0 Å². The molecule has 54 heavy (non-hydrogen) atoms. The summed E-state index contributed by atoms with van der Waals surface area (Å²) >= 11 is 0. The van der Waals surface area contributed by atoms with Gasteiger partial charge in [-0.25, -0.2) is 0 Å². The highest BCUT2D eigenvalue weighted by atomic mass is 15.2. The molecule has 0 amide bonds. The quantitative estimate of drug-likeness (QED) is 0.179. The first-order valence-corrected chi connectivity index (χ1v) is 20.1.